The van der Waals surface area contributed by atoms with Crippen LogP contribution in [0.2, 0.25) is 10.0 Å². The largest absolute Gasteiger partial charge is 0.372 e. The number of hydrogen-bond acceptors (Lipinski definition) is 4. The van der Waals surface area contributed by atoms with Crippen LogP contribution >= 0.6 is 34.5 Å². The fourth-order valence-corrected chi connectivity index (χ4v) is 2.91. The SMILES string of the molecule is CC[C@H](Nc1ccc(Cl)cc1Cl)C(=O)Nc1nc(C)cs1. The Morgan fingerprint density at radius 3 is 2.76 bits per heavy atom. The lowest BCUT2D eigenvalue weighted by Crippen LogP contribution is -2.34. The van der Waals surface area contributed by atoms with Crippen molar-refractivity contribution in [3.05, 3.63) is 39.3 Å². The molecule has 2 aromatic rings. The van der Waals surface area contributed by atoms with Gasteiger partial charge in [-0.3, -0.25) is 4.79 Å². The maximum Gasteiger partial charge on any atom is 0.248 e. The summed E-state index contributed by atoms with van der Waals surface area (Å²) < 4.78 is 0. The van der Waals surface area contributed by atoms with Crippen molar-refractivity contribution in [3.8, 4) is 0 Å². The van der Waals surface area contributed by atoms with E-state index >= 15 is 0 Å². The van der Waals surface area contributed by atoms with Crippen molar-refractivity contribution in [2.75, 3.05) is 10.6 Å². The van der Waals surface area contributed by atoms with Gasteiger partial charge >= 0.3 is 0 Å². The molecule has 0 radical (unpaired) electrons. The normalized spacial score (nSPS) is 12.0. The Kier molecular flexibility index (Phi) is 5.45. The minimum absolute atomic E-state index is 0.141. The summed E-state index contributed by atoms with van der Waals surface area (Å²) in [5.74, 6) is -0.141. The molecule has 0 saturated heterocycles. The number of hydrogen-bond donors (Lipinski definition) is 2. The number of carbonyl (C=O) groups is 1. The van der Waals surface area contributed by atoms with E-state index < -0.39 is 6.04 Å². The highest BCUT2D eigenvalue weighted by Gasteiger charge is 2.18. The highest BCUT2D eigenvalue weighted by Crippen LogP contribution is 2.26. The molecule has 0 aliphatic rings. The van der Waals surface area contributed by atoms with Crippen LogP contribution in [0.25, 0.3) is 0 Å². The number of benzene rings is 1. The standard InChI is InChI=1S/C14H15Cl2N3OS/c1-3-11(13(20)19-14-17-8(2)7-21-14)18-12-5-4-9(15)6-10(12)16/h4-7,11,18H,3H2,1-2H3,(H,17,19,20)/t11-/m0/s1. The second kappa shape index (κ2) is 7.11. The number of anilines is 2. The Morgan fingerprint density at radius 1 is 1.43 bits per heavy atom. The third-order valence-electron chi connectivity index (χ3n) is 2.83. The van der Waals surface area contributed by atoms with Gasteiger partial charge in [-0.2, -0.15) is 0 Å². The van der Waals surface area contributed by atoms with Gasteiger partial charge < -0.3 is 10.6 Å². The summed E-state index contributed by atoms with van der Waals surface area (Å²) in [7, 11) is 0. The maximum atomic E-state index is 12.3. The number of nitrogens with zero attached hydrogens (tertiary/aromatic N) is 1. The highest BCUT2D eigenvalue weighted by atomic mass is 35.5. The van der Waals surface area contributed by atoms with Gasteiger partial charge in [0.1, 0.15) is 6.04 Å². The second-order valence-corrected chi connectivity index (χ2v) is 6.21. The summed E-state index contributed by atoms with van der Waals surface area (Å²) >= 11 is 13.4. The van der Waals surface area contributed by atoms with E-state index in [4.69, 9.17) is 23.2 Å². The summed E-state index contributed by atoms with van der Waals surface area (Å²) in [6.07, 6.45) is 0.620. The molecule has 1 amide bonds. The lowest BCUT2D eigenvalue weighted by molar-refractivity contribution is -0.116. The van der Waals surface area contributed by atoms with Crippen LogP contribution in [0.4, 0.5) is 10.8 Å². The molecule has 1 aromatic carbocycles. The van der Waals surface area contributed by atoms with E-state index in [1.54, 1.807) is 18.2 Å². The van der Waals surface area contributed by atoms with Crippen LogP contribution in [0.3, 0.4) is 0 Å². The Balaban J connectivity index is 2.06. The molecule has 1 heterocycles. The van der Waals surface area contributed by atoms with Crippen molar-refractivity contribution >= 4 is 51.3 Å². The molecule has 7 heteroatoms. The molecule has 0 spiro atoms. The van der Waals surface area contributed by atoms with Crippen LogP contribution in [0.5, 0.6) is 0 Å². The molecule has 0 fully saturated rings. The first kappa shape index (κ1) is 16.1. The Morgan fingerprint density at radius 2 is 2.19 bits per heavy atom. The predicted octanol–water partition coefficient (Wildman–Crippen LogP) is 4.59. The van der Waals surface area contributed by atoms with E-state index in [0.717, 1.165) is 5.69 Å². The lowest BCUT2D eigenvalue weighted by Gasteiger charge is -2.18. The van der Waals surface area contributed by atoms with Gasteiger partial charge in [0.25, 0.3) is 0 Å². The van der Waals surface area contributed by atoms with Gasteiger partial charge in [0, 0.05) is 10.4 Å². The van der Waals surface area contributed by atoms with Crippen molar-refractivity contribution < 1.29 is 4.79 Å². The van der Waals surface area contributed by atoms with E-state index in [2.05, 4.69) is 15.6 Å². The molecule has 0 saturated carbocycles. The summed E-state index contributed by atoms with van der Waals surface area (Å²) in [4.78, 5) is 16.5. The van der Waals surface area contributed by atoms with Crippen LogP contribution in [0.15, 0.2) is 23.6 Å². The number of thiazole rings is 1. The number of carbonyl (C=O) groups excluding carboxylic acids is 1. The summed E-state index contributed by atoms with van der Waals surface area (Å²) in [6.45, 7) is 3.81. The van der Waals surface area contributed by atoms with Gasteiger partial charge in [0.2, 0.25) is 5.91 Å². The molecule has 0 bridgehead atoms. The van der Waals surface area contributed by atoms with Gasteiger partial charge in [-0.1, -0.05) is 30.1 Å². The average molecular weight is 344 g/mol. The van der Waals surface area contributed by atoms with Gasteiger partial charge in [-0.05, 0) is 31.5 Å². The first-order valence-electron chi connectivity index (χ1n) is 6.44. The molecule has 0 aliphatic carbocycles. The van der Waals surface area contributed by atoms with Gasteiger partial charge in [0.05, 0.1) is 16.4 Å². The quantitative estimate of drug-likeness (QED) is 0.834. The van der Waals surface area contributed by atoms with Gasteiger partial charge in [-0.25, -0.2) is 4.98 Å². The fraction of sp³-hybridized carbons (Fsp3) is 0.286. The van der Waals surface area contributed by atoms with Crippen molar-refractivity contribution in [2.45, 2.75) is 26.3 Å². The van der Waals surface area contributed by atoms with Crippen molar-refractivity contribution in [1.29, 1.82) is 0 Å². The summed E-state index contributed by atoms with van der Waals surface area (Å²) in [5.41, 5.74) is 1.57. The molecular weight excluding hydrogens is 329 g/mol. The molecule has 1 atom stereocenters. The number of aromatic nitrogens is 1. The maximum absolute atomic E-state index is 12.3. The topological polar surface area (TPSA) is 54.0 Å². The first-order valence-corrected chi connectivity index (χ1v) is 8.07. The van der Waals surface area contributed by atoms with E-state index in [1.165, 1.54) is 11.3 Å². The Bertz CT molecular complexity index is 645. The number of amides is 1. The molecule has 0 unspecified atom stereocenters. The Labute approximate surface area is 137 Å². The van der Waals surface area contributed by atoms with Crippen LogP contribution in [0.1, 0.15) is 19.0 Å². The zero-order valence-electron chi connectivity index (χ0n) is 11.6. The van der Waals surface area contributed by atoms with E-state index in [9.17, 15) is 4.79 Å². The predicted molar refractivity (Wildman–Crippen MR) is 89.6 cm³/mol. The zero-order chi connectivity index (χ0) is 15.4. The molecule has 21 heavy (non-hydrogen) atoms. The van der Waals surface area contributed by atoms with Crippen LogP contribution in [-0.2, 0) is 4.79 Å². The van der Waals surface area contributed by atoms with Crippen molar-refractivity contribution in [1.82, 2.24) is 4.98 Å². The number of nitrogens with one attached hydrogen (secondary N) is 2. The third kappa shape index (κ3) is 4.33. The van der Waals surface area contributed by atoms with Gasteiger partial charge in [-0.15, -0.1) is 11.3 Å². The molecule has 2 N–H and O–H groups in total. The van der Waals surface area contributed by atoms with Gasteiger partial charge in [0.15, 0.2) is 5.13 Å². The molecule has 1 aromatic heterocycles. The minimum atomic E-state index is -0.395. The summed E-state index contributed by atoms with van der Waals surface area (Å²) in [5, 5.41) is 9.45. The smallest absolute Gasteiger partial charge is 0.248 e. The molecular formula is C14H15Cl2N3OS. The summed E-state index contributed by atoms with van der Waals surface area (Å²) in [6, 6.07) is 4.73. The zero-order valence-corrected chi connectivity index (χ0v) is 13.9. The molecule has 2 rings (SSSR count). The average Bonchev–Trinajstić information content (AvgIpc) is 2.83. The second-order valence-electron chi connectivity index (χ2n) is 4.51. The molecule has 0 aliphatic heterocycles. The fourth-order valence-electron chi connectivity index (χ4n) is 1.75. The minimum Gasteiger partial charge on any atom is -0.372 e. The number of aryl methyl sites for hydroxylation is 1. The lowest BCUT2D eigenvalue weighted by atomic mass is 10.2. The molecule has 4 nitrogen and oxygen atoms in total. The molecule has 112 valence electrons. The number of rotatable bonds is 5. The van der Waals surface area contributed by atoms with Crippen molar-refractivity contribution in [2.24, 2.45) is 0 Å². The van der Waals surface area contributed by atoms with Crippen LogP contribution in [-0.4, -0.2) is 16.9 Å². The number of halogens is 2. The van der Waals surface area contributed by atoms with E-state index in [1.807, 2.05) is 19.2 Å². The highest BCUT2D eigenvalue weighted by molar-refractivity contribution is 7.13. The van der Waals surface area contributed by atoms with E-state index in [-0.39, 0.29) is 5.91 Å². The van der Waals surface area contributed by atoms with E-state index in [0.29, 0.717) is 27.3 Å². The monoisotopic (exact) mass is 343 g/mol. The first-order chi connectivity index (χ1) is 9.99. The van der Waals surface area contributed by atoms with Crippen molar-refractivity contribution in [3.63, 3.8) is 0 Å². The third-order valence-corrected chi connectivity index (χ3v) is 4.26. The van der Waals surface area contributed by atoms with Crippen LogP contribution < -0.4 is 10.6 Å². The Hall–Kier alpha value is -1.30. The van der Waals surface area contributed by atoms with Crippen LogP contribution in [0, 0.1) is 6.92 Å².